The molecule has 0 spiro atoms. The van der Waals surface area contributed by atoms with Crippen LogP contribution in [-0.2, 0) is 4.74 Å². The molecule has 0 atom stereocenters. The fourth-order valence-corrected chi connectivity index (χ4v) is 0.945. The normalized spacial score (nSPS) is 7.87. The zero-order chi connectivity index (χ0) is 12.3. The summed E-state index contributed by atoms with van der Waals surface area (Å²) in [5, 5.41) is 0. The van der Waals surface area contributed by atoms with Gasteiger partial charge < -0.3 is 4.74 Å². The highest BCUT2D eigenvalue weighted by Crippen LogP contribution is 2.15. The highest BCUT2D eigenvalue weighted by Gasteiger charge is 1.98. The first-order valence-corrected chi connectivity index (χ1v) is 5.25. The van der Waals surface area contributed by atoms with E-state index in [1.54, 1.807) is 14.2 Å². The molecular formula is C11H16BrFO2. The zero-order valence-corrected chi connectivity index (χ0v) is 11.0. The van der Waals surface area contributed by atoms with Crippen molar-refractivity contribution in [2.24, 2.45) is 0 Å². The maximum Gasteiger partial charge on any atom is 0.151 e. The molecule has 0 aromatic heterocycles. The van der Waals surface area contributed by atoms with Crippen molar-refractivity contribution in [3.63, 3.8) is 0 Å². The van der Waals surface area contributed by atoms with Crippen LogP contribution in [0.15, 0.2) is 22.7 Å². The van der Waals surface area contributed by atoms with E-state index in [-0.39, 0.29) is 0 Å². The van der Waals surface area contributed by atoms with Gasteiger partial charge in [-0.15, -0.1) is 0 Å². The molecule has 15 heavy (non-hydrogen) atoms. The van der Waals surface area contributed by atoms with Gasteiger partial charge in [-0.2, -0.15) is 0 Å². The molecule has 0 radical (unpaired) electrons. The summed E-state index contributed by atoms with van der Waals surface area (Å²) in [5.74, 6) is -0.398. The van der Waals surface area contributed by atoms with E-state index in [0.29, 0.717) is 16.3 Å². The molecule has 4 heteroatoms. The quantitative estimate of drug-likeness (QED) is 0.733. The highest BCUT2D eigenvalue weighted by atomic mass is 79.9. The minimum absolute atomic E-state index is 0.333. The number of hydrogen-bond acceptors (Lipinski definition) is 2. The molecule has 1 aromatic carbocycles. The number of aldehydes is 1. The Bertz CT molecular complexity index is 277. The summed E-state index contributed by atoms with van der Waals surface area (Å²) in [6.45, 7) is 4.00. The molecule has 0 fully saturated rings. The lowest BCUT2D eigenvalue weighted by molar-refractivity contribution is 0.112. The van der Waals surface area contributed by atoms with Crippen LogP contribution >= 0.6 is 15.9 Å². The predicted molar refractivity (Wildman–Crippen MR) is 63.8 cm³/mol. The summed E-state index contributed by atoms with van der Waals surface area (Å²) < 4.78 is 17.2. The van der Waals surface area contributed by atoms with E-state index in [1.165, 1.54) is 18.2 Å². The monoisotopic (exact) mass is 278 g/mol. The first-order valence-electron chi connectivity index (χ1n) is 4.46. The van der Waals surface area contributed by atoms with E-state index in [0.717, 1.165) is 0 Å². The van der Waals surface area contributed by atoms with E-state index >= 15 is 0 Å². The van der Waals surface area contributed by atoms with Crippen molar-refractivity contribution < 1.29 is 13.9 Å². The summed E-state index contributed by atoms with van der Waals surface area (Å²) >= 11 is 3.09. The molecule has 0 bridgehead atoms. The van der Waals surface area contributed by atoms with Crippen LogP contribution in [0.2, 0.25) is 0 Å². The van der Waals surface area contributed by atoms with Crippen molar-refractivity contribution in [3.05, 3.63) is 34.1 Å². The predicted octanol–water partition coefficient (Wildman–Crippen LogP) is 3.69. The Morgan fingerprint density at radius 1 is 1.33 bits per heavy atom. The van der Waals surface area contributed by atoms with Crippen molar-refractivity contribution in [1.29, 1.82) is 0 Å². The van der Waals surface area contributed by atoms with E-state index in [4.69, 9.17) is 0 Å². The Morgan fingerprint density at radius 2 is 1.80 bits per heavy atom. The van der Waals surface area contributed by atoms with Gasteiger partial charge in [0.2, 0.25) is 0 Å². The third kappa shape index (κ3) is 8.27. The summed E-state index contributed by atoms with van der Waals surface area (Å²) in [7, 11) is 3.25. The maximum absolute atomic E-state index is 12.4. The molecule has 0 heterocycles. The largest absolute Gasteiger partial charge is 0.388 e. The zero-order valence-electron chi connectivity index (χ0n) is 9.38. The fourth-order valence-electron chi connectivity index (χ4n) is 0.605. The number of carbonyl (C=O) groups is 1. The van der Waals surface area contributed by atoms with Crippen molar-refractivity contribution in [2.45, 2.75) is 13.8 Å². The number of rotatable bonds is 1. The lowest BCUT2D eigenvalue weighted by Gasteiger charge is -1.93. The summed E-state index contributed by atoms with van der Waals surface area (Å²) in [4.78, 5) is 10.2. The summed E-state index contributed by atoms with van der Waals surface area (Å²) in [6.07, 6.45) is 0.604. The number of methoxy groups -OCH3 is 1. The van der Waals surface area contributed by atoms with Crippen LogP contribution in [-0.4, -0.2) is 20.5 Å². The summed E-state index contributed by atoms with van der Waals surface area (Å²) in [6, 6.07) is 3.97. The van der Waals surface area contributed by atoms with Crippen LogP contribution in [0.25, 0.3) is 0 Å². The third-order valence-corrected chi connectivity index (χ3v) is 1.81. The number of benzene rings is 1. The molecule has 0 saturated carbocycles. The average Bonchev–Trinajstić information content (AvgIpc) is 2.26. The molecule has 0 amide bonds. The van der Waals surface area contributed by atoms with Crippen molar-refractivity contribution in [2.75, 3.05) is 14.2 Å². The van der Waals surface area contributed by atoms with Gasteiger partial charge in [-0.1, -0.05) is 29.8 Å². The van der Waals surface area contributed by atoms with Gasteiger partial charge in [0.1, 0.15) is 5.82 Å². The molecule has 0 saturated heterocycles. The molecule has 1 rings (SSSR count). The average molecular weight is 279 g/mol. The molecule has 0 aliphatic heterocycles. The van der Waals surface area contributed by atoms with Gasteiger partial charge in [0, 0.05) is 24.3 Å². The Morgan fingerprint density at radius 3 is 2.13 bits per heavy atom. The fraction of sp³-hybridized carbons (Fsp3) is 0.364. The lowest BCUT2D eigenvalue weighted by Crippen LogP contribution is -1.83. The topological polar surface area (TPSA) is 26.3 Å². The van der Waals surface area contributed by atoms with Gasteiger partial charge in [0.25, 0.3) is 0 Å². The van der Waals surface area contributed by atoms with E-state index in [9.17, 15) is 9.18 Å². The van der Waals surface area contributed by atoms with Crippen LogP contribution in [0.4, 0.5) is 4.39 Å². The van der Waals surface area contributed by atoms with Crippen molar-refractivity contribution in [1.82, 2.24) is 0 Å². The molecule has 0 N–H and O–H groups in total. The molecule has 0 aliphatic carbocycles. The molecule has 0 unspecified atom stereocenters. The maximum atomic E-state index is 12.4. The smallest absolute Gasteiger partial charge is 0.151 e. The van der Waals surface area contributed by atoms with Gasteiger partial charge >= 0.3 is 0 Å². The van der Waals surface area contributed by atoms with E-state index in [2.05, 4.69) is 20.7 Å². The Labute approximate surface area is 98.6 Å². The van der Waals surface area contributed by atoms with E-state index < -0.39 is 5.82 Å². The van der Waals surface area contributed by atoms with Crippen LogP contribution < -0.4 is 0 Å². The Balaban J connectivity index is 0. The molecule has 0 aliphatic rings. The molecular weight excluding hydrogens is 263 g/mol. The number of halogens is 2. The standard InChI is InChI=1S/C7H4BrFO.C2H6O.C2H6/c8-7-2-1-6(9)3-5(7)4-10;1-3-2;1-2/h1-4H;1-2H3;1-2H3. The molecule has 1 aromatic rings. The second kappa shape index (κ2) is 11.3. The SMILES string of the molecule is CC.COC.O=Cc1cc(F)ccc1Br. The van der Waals surface area contributed by atoms with Gasteiger partial charge in [0.15, 0.2) is 6.29 Å². The highest BCUT2D eigenvalue weighted by molar-refractivity contribution is 9.10. The van der Waals surface area contributed by atoms with Crippen molar-refractivity contribution in [3.8, 4) is 0 Å². The number of hydrogen-bond donors (Lipinski definition) is 0. The second-order valence-electron chi connectivity index (χ2n) is 2.19. The minimum atomic E-state index is -0.398. The Hall–Kier alpha value is -0.740. The van der Waals surface area contributed by atoms with Gasteiger partial charge in [-0.3, -0.25) is 4.79 Å². The van der Waals surface area contributed by atoms with Crippen LogP contribution in [0, 0.1) is 5.82 Å². The van der Waals surface area contributed by atoms with Crippen LogP contribution in [0.3, 0.4) is 0 Å². The Kier molecular flexibility index (Phi) is 12.6. The van der Waals surface area contributed by atoms with Crippen LogP contribution in [0.1, 0.15) is 24.2 Å². The van der Waals surface area contributed by atoms with E-state index in [1.807, 2.05) is 13.8 Å². The lowest BCUT2D eigenvalue weighted by atomic mass is 10.2. The van der Waals surface area contributed by atoms with Gasteiger partial charge in [-0.05, 0) is 18.2 Å². The minimum Gasteiger partial charge on any atom is -0.388 e. The van der Waals surface area contributed by atoms with Crippen LogP contribution in [0.5, 0.6) is 0 Å². The third-order valence-electron chi connectivity index (χ3n) is 1.09. The molecule has 2 nitrogen and oxygen atoms in total. The number of ether oxygens (including phenoxy) is 1. The van der Waals surface area contributed by atoms with Crippen molar-refractivity contribution >= 4 is 22.2 Å². The van der Waals surface area contributed by atoms with Gasteiger partial charge in [-0.25, -0.2) is 4.39 Å². The summed E-state index contributed by atoms with van der Waals surface area (Å²) in [5.41, 5.74) is 0.333. The first kappa shape index (κ1) is 16.7. The van der Waals surface area contributed by atoms with Gasteiger partial charge in [0.05, 0.1) is 0 Å². The molecule has 86 valence electrons. The number of carbonyl (C=O) groups excluding carboxylic acids is 1. The first-order chi connectivity index (χ1) is 7.15. The second-order valence-corrected chi connectivity index (χ2v) is 3.05.